The van der Waals surface area contributed by atoms with E-state index in [2.05, 4.69) is 11.5 Å². The molecular formula is C22H43NO10Si3. The first-order valence-corrected chi connectivity index (χ1v) is 18.9. The van der Waals surface area contributed by atoms with Crippen LogP contribution in [0.5, 0.6) is 0 Å². The summed E-state index contributed by atoms with van der Waals surface area (Å²) in [6, 6.07) is 1.09. The van der Waals surface area contributed by atoms with Crippen molar-refractivity contribution in [2.45, 2.75) is 37.3 Å². The molecule has 5 atom stereocenters. The van der Waals surface area contributed by atoms with Gasteiger partial charge in [-0.3, -0.25) is 4.90 Å². The molecule has 14 heteroatoms. The van der Waals surface area contributed by atoms with Crippen LogP contribution in [0.1, 0.15) is 6.42 Å². The molecule has 0 N–H and O–H groups in total. The number of carbonyl (C=O) groups excluding carboxylic acids is 2. The second kappa shape index (κ2) is 15.1. The van der Waals surface area contributed by atoms with Gasteiger partial charge in [0.2, 0.25) is 0 Å². The summed E-state index contributed by atoms with van der Waals surface area (Å²) in [6.07, 6.45) is 0.154. The molecule has 3 fully saturated rings. The van der Waals surface area contributed by atoms with E-state index in [4.69, 9.17) is 36.0 Å². The van der Waals surface area contributed by atoms with Crippen molar-refractivity contribution in [3.8, 4) is 0 Å². The van der Waals surface area contributed by atoms with E-state index in [9.17, 15) is 9.59 Å². The van der Waals surface area contributed by atoms with Gasteiger partial charge in [0.25, 0.3) is 0 Å². The number of hydrogen-bond donors (Lipinski definition) is 0. The zero-order valence-corrected chi connectivity index (χ0v) is 25.3. The Morgan fingerprint density at radius 1 is 1.11 bits per heavy atom. The van der Waals surface area contributed by atoms with Crippen LogP contribution in [0.25, 0.3) is 0 Å². The number of nitrogens with zero attached hydrogens (tertiary/aromatic N) is 1. The highest BCUT2D eigenvalue weighted by Crippen LogP contribution is 2.30. The van der Waals surface area contributed by atoms with Crippen molar-refractivity contribution in [1.29, 1.82) is 0 Å². The number of ether oxygens (including phenoxy) is 2. The molecule has 0 aromatic carbocycles. The van der Waals surface area contributed by atoms with Crippen LogP contribution in [-0.4, -0.2) is 129 Å². The van der Waals surface area contributed by atoms with Gasteiger partial charge < -0.3 is 45.6 Å². The van der Waals surface area contributed by atoms with Crippen LogP contribution in [0.15, 0.2) is 12.3 Å². The maximum Gasteiger partial charge on any atom is 0.529 e. The maximum atomic E-state index is 11.7. The quantitative estimate of drug-likeness (QED) is 0.143. The Morgan fingerprint density at radius 2 is 1.81 bits per heavy atom. The summed E-state index contributed by atoms with van der Waals surface area (Å²) in [5, 5.41) is 0. The van der Waals surface area contributed by atoms with Crippen molar-refractivity contribution < 1.29 is 45.6 Å². The van der Waals surface area contributed by atoms with Crippen LogP contribution in [0, 0.1) is 5.92 Å². The van der Waals surface area contributed by atoms with Crippen molar-refractivity contribution >= 4 is 37.5 Å². The largest absolute Gasteiger partial charge is 0.529 e. The molecule has 0 spiro atoms. The van der Waals surface area contributed by atoms with Crippen molar-refractivity contribution in [3.05, 3.63) is 12.3 Å². The highest BCUT2D eigenvalue weighted by atomic mass is 28.4. The lowest BCUT2D eigenvalue weighted by molar-refractivity contribution is -0.0943. The van der Waals surface area contributed by atoms with Crippen molar-refractivity contribution in [3.63, 3.8) is 0 Å². The van der Waals surface area contributed by atoms with Gasteiger partial charge in [-0.2, -0.15) is 0 Å². The number of fused-ring (bicyclic) bond motifs is 6. The summed E-state index contributed by atoms with van der Waals surface area (Å²) in [4.78, 5) is 25.6. The molecule has 3 saturated heterocycles. The van der Waals surface area contributed by atoms with Crippen molar-refractivity contribution in [2.75, 3.05) is 74.5 Å². The second-order valence-electron chi connectivity index (χ2n) is 9.45. The van der Waals surface area contributed by atoms with Gasteiger partial charge in [-0.25, -0.2) is 0 Å². The highest BCUT2D eigenvalue weighted by molar-refractivity contribution is 7.17. The maximum absolute atomic E-state index is 11.7. The van der Waals surface area contributed by atoms with Crippen molar-refractivity contribution in [1.82, 2.24) is 4.90 Å². The number of carbonyl (C=O) groups is 2. The molecule has 2 bridgehead atoms. The molecule has 0 aliphatic carbocycles. The van der Waals surface area contributed by atoms with Gasteiger partial charge in [0, 0.05) is 66.6 Å². The molecule has 208 valence electrons. The van der Waals surface area contributed by atoms with Gasteiger partial charge in [0.1, 0.15) is 11.8 Å². The molecule has 5 unspecified atom stereocenters. The molecule has 0 aromatic heterocycles. The van der Waals surface area contributed by atoms with Gasteiger partial charge in [0.15, 0.2) is 8.07 Å². The zero-order valence-electron chi connectivity index (χ0n) is 22.3. The first-order chi connectivity index (χ1) is 17.3. The van der Waals surface area contributed by atoms with E-state index < -0.39 is 25.7 Å². The Hall–Kier alpha value is -0.629. The third kappa shape index (κ3) is 8.71. The number of hydrogen-bond acceptors (Lipinski definition) is 11. The van der Waals surface area contributed by atoms with E-state index in [0.29, 0.717) is 58.1 Å². The summed E-state index contributed by atoms with van der Waals surface area (Å²) >= 11 is 0. The monoisotopic (exact) mass is 565 g/mol. The SMILES string of the molecule is C=C[Si]12OCCN(CC(COCCC[Si](OC)(OC)OC)O1)CC(C(COC)C[Si](C)(C=O)C=O)O2. The van der Waals surface area contributed by atoms with Crippen molar-refractivity contribution in [2.24, 2.45) is 5.92 Å². The first kappa shape index (κ1) is 31.6. The lowest BCUT2D eigenvalue weighted by atomic mass is 10.0. The fourth-order valence-corrected chi connectivity index (χ4v) is 10.2. The molecule has 3 heterocycles. The number of rotatable bonds is 17. The zero-order chi connectivity index (χ0) is 26.7. The lowest BCUT2D eigenvalue weighted by Crippen LogP contribution is -2.62. The number of methoxy groups -OCH3 is 1. The fraction of sp³-hybridized carbons (Fsp3) is 0.818. The van der Waals surface area contributed by atoms with Crippen LogP contribution in [0.3, 0.4) is 0 Å². The van der Waals surface area contributed by atoms with Crippen LogP contribution >= 0.6 is 0 Å². The highest BCUT2D eigenvalue weighted by Gasteiger charge is 2.49. The Bertz CT molecular complexity index is 685. The molecule has 0 aromatic rings. The molecule has 0 radical (unpaired) electrons. The van der Waals surface area contributed by atoms with Gasteiger partial charge in [-0.05, 0) is 18.2 Å². The molecule has 0 saturated carbocycles. The van der Waals surface area contributed by atoms with Gasteiger partial charge in [-0.15, -0.1) is 0 Å². The smallest absolute Gasteiger partial charge is 0.384 e. The third-order valence-corrected chi connectivity index (χ3v) is 14.4. The summed E-state index contributed by atoms with van der Waals surface area (Å²) in [6.45, 7) is 9.43. The molecule has 0 amide bonds. The van der Waals surface area contributed by atoms with Gasteiger partial charge in [-0.1, -0.05) is 13.1 Å². The fourth-order valence-electron chi connectivity index (χ4n) is 4.58. The summed E-state index contributed by atoms with van der Waals surface area (Å²) < 4.78 is 46.9. The second-order valence-corrected chi connectivity index (χ2v) is 18.8. The topological polar surface area (TPSA) is 111 Å². The average Bonchev–Trinajstić information content (AvgIpc) is 2.86. The molecule has 36 heavy (non-hydrogen) atoms. The lowest BCUT2D eigenvalue weighted by Gasteiger charge is -2.45. The van der Waals surface area contributed by atoms with E-state index in [1.807, 2.05) is 0 Å². The first-order valence-electron chi connectivity index (χ1n) is 12.3. The summed E-state index contributed by atoms with van der Waals surface area (Å²) in [7, 11) is -2.18. The Morgan fingerprint density at radius 3 is 2.39 bits per heavy atom. The predicted molar refractivity (Wildman–Crippen MR) is 140 cm³/mol. The molecule has 3 rings (SSSR count). The van der Waals surface area contributed by atoms with Gasteiger partial charge in [0.05, 0.1) is 32.0 Å². The van der Waals surface area contributed by atoms with Gasteiger partial charge >= 0.3 is 17.6 Å². The Balaban J connectivity index is 2.06. The normalized spacial score (nSPS) is 28.1. The van der Waals surface area contributed by atoms with E-state index >= 15 is 0 Å². The average molecular weight is 566 g/mol. The summed E-state index contributed by atoms with van der Waals surface area (Å²) in [5.74, 6) is 1.50. The minimum atomic E-state index is -3.24. The van der Waals surface area contributed by atoms with Crippen LogP contribution in [0.2, 0.25) is 18.6 Å². The van der Waals surface area contributed by atoms with E-state index in [1.165, 1.54) is 0 Å². The minimum Gasteiger partial charge on any atom is -0.384 e. The molecule has 3 aliphatic rings. The Labute approximate surface area is 218 Å². The van der Waals surface area contributed by atoms with Crippen LogP contribution in [0.4, 0.5) is 0 Å². The van der Waals surface area contributed by atoms with Crippen LogP contribution in [-0.2, 0) is 45.6 Å². The molecule has 3 aliphatic heterocycles. The van der Waals surface area contributed by atoms with Crippen LogP contribution < -0.4 is 0 Å². The molecule has 11 nitrogen and oxygen atoms in total. The van der Waals surface area contributed by atoms with E-state index in [1.54, 1.807) is 40.7 Å². The summed E-state index contributed by atoms with van der Waals surface area (Å²) in [5.41, 5.74) is 1.66. The van der Waals surface area contributed by atoms with E-state index in [0.717, 1.165) is 18.2 Å². The molecular weight excluding hydrogens is 522 g/mol. The minimum absolute atomic E-state index is 0.152. The predicted octanol–water partition coefficient (Wildman–Crippen LogP) is 0.937. The third-order valence-electron chi connectivity index (χ3n) is 6.66. The Kier molecular flexibility index (Phi) is 13.2. The standard InChI is InChI=1S/C22H43NO10Si3/c1-7-35-31-11-9-23(14-22(33-35)20(15-26-2)17-34(6,18-24)19-25)13-21(32-35)16-30-10-8-12-36(27-3,28-4)29-5/h7,18-22H,1,8-17H2,2-6H3. The van der Waals surface area contributed by atoms with E-state index in [-0.39, 0.29) is 18.1 Å².